The molecule has 1 N–H and O–H groups in total. The highest BCUT2D eigenvalue weighted by molar-refractivity contribution is 7.90. The predicted octanol–water partition coefficient (Wildman–Crippen LogP) is 1.32. The van der Waals surface area contributed by atoms with Gasteiger partial charge >= 0.3 is 0 Å². The van der Waals surface area contributed by atoms with E-state index in [1.807, 2.05) is 0 Å². The molecule has 0 unspecified atom stereocenters. The van der Waals surface area contributed by atoms with Gasteiger partial charge in [-0.15, -0.1) is 5.10 Å². The Morgan fingerprint density at radius 1 is 1.12 bits per heavy atom. The van der Waals surface area contributed by atoms with Crippen LogP contribution in [0.1, 0.15) is 10.4 Å². The number of nitrogens with one attached hydrogen (secondary N) is 1. The van der Waals surface area contributed by atoms with Crippen molar-refractivity contribution in [2.45, 2.75) is 4.90 Å². The summed E-state index contributed by atoms with van der Waals surface area (Å²) >= 11 is 0. The van der Waals surface area contributed by atoms with Crippen molar-refractivity contribution in [1.82, 2.24) is 20.2 Å². The molecule has 0 atom stereocenters. The molecule has 2 aromatic carbocycles. The minimum absolute atomic E-state index is 0.0950. The molecule has 8 nitrogen and oxygen atoms in total. The third kappa shape index (κ3) is 3.46. The molecule has 1 heterocycles. The number of rotatable bonds is 4. The van der Waals surface area contributed by atoms with Gasteiger partial charge in [0.25, 0.3) is 5.91 Å². The largest absolute Gasteiger partial charge is 0.322 e. The fourth-order valence-corrected chi connectivity index (χ4v) is 2.74. The van der Waals surface area contributed by atoms with Gasteiger partial charge in [-0.1, -0.05) is 12.1 Å². The van der Waals surface area contributed by atoms with Crippen LogP contribution in [0.15, 0.2) is 59.8 Å². The number of carbonyl (C=O) groups is 1. The van der Waals surface area contributed by atoms with Crippen LogP contribution in [0.25, 0.3) is 5.69 Å². The lowest BCUT2D eigenvalue weighted by Crippen LogP contribution is -2.13. The summed E-state index contributed by atoms with van der Waals surface area (Å²) in [5, 5.41) is 13.6. The van der Waals surface area contributed by atoms with Crippen molar-refractivity contribution >= 4 is 21.4 Å². The number of nitrogens with zero attached hydrogens (tertiary/aromatic N) is 4. The maximum Gasteiger partial charge on any atom is 0.255 e. The maximum absolute atomic E-state index is 12.3. The van der Waals surface area contributed by atoms with Gasteiger partial charge in [0.1, 0.15) is 6.33 Å². The number of aromatic nitrogens is 4. The number of benzene rings is 2. The molecule has 3 rings (SSSR count). The van der Waals surface area contributed by atoms with Crippen molar-refractivity contribution in [2.75, 3.05) is 11.6 Å². The molecule has 0 aliphatic rings. The molecule has 3 aromatic rings. The van der Waals surface area contributed by atoms with E-state index in [1.54, 1.807) is 30.3 Å². The van der Waals surface area contributed by atoms with Crippen LogP contribution in [-0.4, -0.2) is 40.8 Å². The van der Waals surface area contributed by atoms with Crippen LogP contribution < -0.4 is 5.32 Å². The molecule has 0 fully saturated rings. The Hall–Kier alpha value is -3.07. The quantitative estimate of drug-likeness (QED) is 0.765. The predicted molar refractivity (Wildman–Crippen MR) is 86.7 cm³/mol. The Bertz CT molecular complexity index is 984. The zero-order valence-corrected chi connectivity index (χ0v) is 13.4. The second-order valence-electron chi connectivity index (χ2n) is 5.06. The molecule has 0 saturated carbocycles. The molecule has 24 heavy (non-hydrogen) atoms. The Balaban J connectivity index is 1.84. The summed E-state index contributed by atoms with van der Waals surface area (Å²) in [6.07, 6.45) is 2.54. The second kappa shape index (κ2) is 6.20. The first-order chi connectivity index (χ1) is 11.4. The summed E-state index contributed by atoms with van der Waals surface area (Å²) in [7, 11) is -3.37. The van der Waals surface area contributed by atoms with Gasteiger partial charge in [0.2, 0.25) is 0 Å². The highest BCUT2D eigenvalue weighted by Crippen LogP contribution is 2.16. The summed E-state index contributed by atoms with van der Waals surface area (Å²) in [6.45, 7) is 0. The normalized spacial score (nSPS) is 11.2. The smallest absolute Gasteiger partial charge is 0.255 e. The molecule has 0 aliphatic heterocycles. The average molecular weight is 343 g/mol. The zero-order chi connectivity index (χ0) is 17.2. The van der Waals surface area contributed by atoms with Gasteiger partial charge in [-0.2, -0.15) is 0 Å². The Morgan fingerprint density at radius 2 is 1.92 bits per heavy atom. The van der Waals surface area contributed by atoms with Gasteiger partial charge < -0.3 is 5.32 Å². The standard InChI is InChI=1S/C15H13N5O3S/c1-24(22,23)14-7-2-4-11(8-14)15(21)17-12-5-3-6-13(9-12)20-10-16-18-19-20/h2-10H,1H3,(H,17,21). The number of anilines is 1. The van der Waals surface area contributed by atoms with Crippen LogP contribution >= 0.6 is 0 Å². The lowest BCUT2D eigenvalue weighted by atomic mass is 10.2. The molecule has 122 valence electrons. The zero-order valence-electron chi connectivity index (χ0n) is 12.6. The molecular formula is C15H13N5O3S. The van der Waals surface area contributed by atoms with Gasteiger partial charge in [0.15, 0.2) is 9.84 Å². The SMILES string of the molecule is CS(=O)(=O)c1cccc(C(=O)Nc2cccc(-n3cnnn3)c2)c1. The molecule has 9 heteroatoms. The molecule has 0 bridgehead atoms. The van der Waals surface area contributed by atoms with E-state index in [0.717, 1.165) is 6.26 Å². The Morgan fingerprint density at radius 3 is 2.62 bits per heavy atom. The van der Waals surface area contributed by atoms with Gasteiger partial charge in [0.05, 0.1) is 10.6 Å². The first kappa shape index (κ1) is 15.8. The van der Waals surface area contributed by atoms with E-state index in [4.69, 9.17) is 0 Å². The van der Waals surface area contributed by atoms with Crippen molar-refractivity contribution < 1.29 is 13.2 Å². The summed E-state index contributed by atoms with van der Waals surface area (Å²) in [5.74, 6) is -0.408. The molecule has 0 saturated heterocycles. The number of sulfone groups is 1. The first-order valence-electron chi connectivity index (χ1n) is 6.88. The van der Waals surface area contributed by atoms with Gasteiger partial charge in [-0.3, -0.25) is 4.79 Å². The first-order valence-corrected chi connectivity index (χ1v) is 8.77. The third-order valence-corrected chi connectivity index (χ3v) is 4.35. The van der Waals surface area contributed by atoms with Crippen LogP contribution in [0.2, 0.25) is 0 Å². The van der Waals surface area contributed by atoms with Crippen LogP contribution in [0.5, 0.6) is 0 Å². The number of hydrogen-bond donors (Lipinski definition) is 1. The van der Waals surface area contributed by atoms with E-state index in [0.29, 0.717) is 11.4 Å². The number of carbonyl (C=O) groups excluding carboxylic acids is 1. The van der Waals surface area contributed by atoms with E-state index in [-0.39, 0.29) is 10.5 Å². The lowest BCUT2D eigenvalue weighted by Gasteiger charge is -2.08. The minimum atomic E-state index is -3.37. The second-order valence-corrected chi connectivity index (χ2v) is 7.07. The minimum Gasteiger partial charge on any atom is -0.322 e. The van der Waals surface area contributed by atoms with Crippen molar-refractivity contribution in [2.24, 2.45) is 0 Å². The van der Waals surface area contributed by atoms with Crippen LogP contribution in [-0.2, 0) is 9.84 Å². The topological polar surface area (TPSA) is 107 Å². The van der Waals surface area contributed by atoms with E-state index < -0.39 is 15.7 Å². The molecule has 0 radical (unpaired) electrons. The van der Waals surface area contributed by atoms with Crippen LogP contribution in [0.4, 0.5) is 5.69 Å². The number of hydrogen-bond acceptors (Lipinski definition) is 6. The van der Waals surface area contributed by atoms with Crippen LogP contribution in [0, 0.1) is 0 Å². The third-order valence-electron chi connectivity index (χ3n) is 3.24. The Labute approximate surface area is 138 Å². The van der Waals surface area contributed by atoms with Crippen molar-refractivity contribution in [3.05, 3.63) is 60.4 Å². The monoisotopic (exact) mass is 343 g/mol. The van der Waals surface area contributed by atoms with Crippen molar-refractivity contribution in [3.63, 3.8) is 0 Å². The fraction of sp³-hybridized carbons (Fsp3) is 0.0667. The fourth-order valence-electron chi connectivity index (χ4n) is 2.08. The van der Waals surface area contributed by atoms with Gasteiger partial charge in [0, 0.05) is 17.5 Å². The van der Waals surface area contributed by atoms with E-state index >= 15 is 0 Å². The Kier molecular flexibility index (Phi) is 4.09. The van der Waals surface area contributed by atoms with E-state index in [9.17, 15) is 13.2 Å². The summed E-state index contributed by atoms with van der Waals surface area (Å²) in [5.41, 5.74) is 1.48. The van der Waals surface area contributed by atoms with E-state index in [1.165, 1.54) is 29.2 Å². The molecule has 1 aromatic heterocycles. The van der Waals surface area contributed by atoms with Gasteiger partial charge in [-0.25, -0.2) is 13.1 Å². The lowest BCUT2D eigenvalue weighted by molar-refractivity contribution is 0.102. The van der Waals surface area contributed by atoms with Crippen molar-refractivity contribution in [1.29, 1.82) is 0 Å². The highest BCUT2D eigenvalue weighted by atomic mass is 32.2. The summed E-state index contributed by atoms with van der Waals surface area (Å²) < 4.78 is 24.6. The van der Waals surface area contributed by atoms with Crippen molar-refractivity contribution in [3.8, 4) is 5.69 Å². The summed E-state index contributed by atoms with van der Waals surface area (Å²) in [4.78, 5) is 12.4. The number of tetrazole rings is 1. The molecule has 0 spiro atoms. The van der Waals surface area contributed by atoms with Crippen LogP contribution in [0.3, 0.4) is 0 Å². The molecular weight excluding hydrogens is 330 g/mol. The summed E-state index contributed by atoms with van der Waals surface area (Å²) in [6, 6.07) is 12.8. The number of amides is 1. The van der Waals surface area contributed by atoms with E-state index in [2.05, 4.69) is 20.8 Å². The average Bonchev–Trinajstić information content (AvgIpc) is 3.09. The molecule has 0 aliphatic carbocycles. The molecule has 1 amide bonds. The maximum atomic E-state index is 12.3. The highest BCUT2D eigenvalue weighted by Gasteiger charge is 2.12. The van der Waals surface area contributed by atoms with Gasteiger partial charge in [-0.05, 0) is 46.8 Å².